The van der Waals surface area contributed by atoms with Crippen LogP contribution in [0.25, 0.3) is 5.69 Å². The number of imidazole rings is 1. The molecule has 0 aliphatic rings. The molecule has 0 atom stereocenters. The van der Waals surface area contributed by atoms with E-state index in [-0.39, 0.29) is 0 Å². The van der Waals surface area contributed by atoms with Crippen molar-refractivity contribution in [3.63, 3.8) is 0 Å². The van der Waals surface area contributed by atoms with Gasteiger partial charge in [0.05, 0.1) is 12.8 Å². The van der Waals surface area contributed by atoms with Crippen LogP contribution in [-0.4, -0.2) is 16.7 Å². The summed E-state index contributed by atoms with van der Waals surface area (Å²) in [5, 5.41) is 0.665. The van der Waals surface area contributed by atoms with Gasteiger partial charge in [-0.15, -0.1) is 12.6 Å². The van der Waals surface area contributed by atoms with E-state index >= 15 is 0 Å². The second-order valence-corrected chi connectivity index (χ2v) is 3.20. The molecule has 0 fully saturated rings. The minimum atomic E-state index is 0.665. The summed E-state index contributed by atoms with van der Waals surface area (Å²) in [4.78, 5) is 4.03. The Morgan fingerprint density at radius 3 is 2.93 bits per heavy atom. The lowest BCUT2D eigenvalue weighted by atomic mass is 10.3. The van der Waals surface area contributed by atoms with Gasteiger partial charge in [0, 0.05) is 18.5 Å². The van der Waals surface area contributed by atoms with E-state index in [2.05, 4.69) is 17.6 Å². The van der Waals surface area contributed by atoms with Gasteiger partial charge in [-0.2, -0.15) is 0 Å². The van der Waals surface area contributed by atoms with Gasteiger partial charge in [-0.3, -0.25) is 4.57 Å². The fourth-order valence-electron chi connectivity index (χ4n) is 1.26. The molecule has 72 valence electrons. The Bertz CT molecular complexity index is 439. The van der Waals surface area contributed by atoms with Crippen molar-refractivity contribution in [2.75, 3.05) is 7.11 Å². The minimum absolute atomic E-state index is 0.665. The largest absolute Gasteiger partial charge is 0.497 e. The Morgan fingerprint density at radius 2 is 2.29 bits per heavy atom. The molecule has 14 heavy (non-hydrogen) atoms. The van der Waals surface area contributed by atoms with Crippen LogP contribution in [0.15, 0.2) is 41.8 Å². The van der Waals surface area contributed by atoms with Crippen LogP contribution in [0.3, 0.4) is 0 Å². The van der Waals surface area contributed by atoms with Crippen LogP contribution >= 0.6 is 12.6 Å². The SMILES string of the molecule is COc1cccc(-n2ccnc2S)c1. The molecule has 2 rings (SSSR count). The van der Waals surface area contributed by atoms with E-state index in [4.69, 9.17) is 4.74 Å². The van der Waals surface area contributed by atoms with Crippen LogP contribution in [0.1, 0.15) is 0 Å². The van der Waals surface area contributed by atoms with E-state index < -0.39 is 0 Å². The summed E-state index contributed by atoms with van der Waals surface area (Å²) >= 11 is 4.23. The first-order valence-corrected chi connectivity index (χ1v) is 4.63. The number of hydrogen-bond acceptors (Lipinski definition) is 3. The molecule has 0 radical (unpaired) electrons. The third-order valence-electron chi connectivity index (χ3n) is 1.95. The highest BCUT2D eigenvalue weighted by Crippen LogP contribution is 2.18. The molecule has 0 amide bonds. The molecule has 0 aliphatic carbocycles. The fraction of sp³-hybridized carbons (Fsp3) is 0.100. The summed E-state index contributed by atoms with van der Waals surface area (Å²) in [5.74, 6) is 0.823. The Morgan fingerprint density at radius 1 is 1.43 bits per heavy atom. The summed E-state index contributed by atoms with van der Waals surface area (Å²) in [6.45, 7) is 0. The lowest BCUT2D eigenvalue weighted by Crippen LogP contribution is -1.93. The van der Waals surface area contributed by atoms with Crippen molar-refractivity contribution in [2.45, 2.75) is 5.16 Å². The zero-order chi connectivity index (χ0) is 9.97. The lowest BCUT2D eigenvalue weighted by molar-refractivity contribution is 0.414. The van der Waals surface area contributed by atoms with E-state index in [0.29, 0.717) is 5.16 Å². The Kier molecular flexibility index (Phi) is 2.45. The van der Waals surface area contributed by atoms with Crippen LogP contribution in [-0.2, 0) is 0 Å². The third-order valence-corrected chi connectivity index (χ3v) is 2.28. The van der Waals surface area contributed by atoms with Crippen molar-refractivity contribution >= 4 is 12.6 Å². The summed E-state index contributed by atoms with van der Waals surface area (Å²) in [7, 11) is 1.65. The summed E-state index contributed by atoms with van der Waals surface area (Å²) in [6.07, 6.45) is 3.57. The average Bonchev–Trinajstić information content (AvgIpc) is 2.65. The number of hydrogen-bond donors (Lipinski definition) is 1. The minimum Gasteiger partial charge on any atom is -0.497 e. The normalized spacial score (nSPS) is 10.1. The Labute approximate surface area is 87.8 Å². The first-order chi connectivity index (χ1) is 6.81. The average molecular weight is 206 g/mol. The van der Waals surface area contributed by atoms with Gasteiger partial charge < -0.3 is 4.74 Å². The van der Waals surface area contributed by atoms with Crippen LogP contribution in [0.4, 0.5) is 0 Å². The molecule has 1 aromatic heterocycles. The van der Waals surface area contributed by atoms with E-state index in [0.717, 1.165) is 11.4 Å². The van der Waals surface area contributed by atoms with Gasteiger partial charge in [0.15, 0.2) is 5.16 Å². The molecule has 2 aromatic rings. The smallest absolute Gasteiger partial charge is 0.169 e. The molecule has 0 unspecified atom stereocenters. The van der Waals surface area contributed by atoms with E-state index in [9.17, 15) is 0 Å². The van der Waals surface area contributed by atoms with Crippen molar-refractivity contribution in [1.29, 1.82) is 0 Å². The van der Waals surface area contributed by atoms with E-state index in [1.807, 2.05) is 35.0 Å². The first kappa shape index (κ1) is 9.15. The summed E-state index contributed by atoms with van der Waals surface area (Å²) < 4.78 is 7.01. The van der Waals surface area contributed by atoms with Crippen LogP contribution in [0, 0.1) is 0 Å². The molecule has 3 nitrogen and oxygen atoms in total. The topological polar surface area (TPSA) is 27.1 Å². The van der Waals surface area contributed by atoms with Crippen LogP contribution < -0.4 is 4.74 Å². The van der Waals surface area contributed by atoms with Gasteiger partial charge in [0.25, 0.3) is 0 Å². The number of ether oxygens (including phenoxy) is 1. The number of methoxy groups -OCH3 is 1. The molecule has 0 saturated heterocycles. The van der Waals surface area contributed by atoms with Gasteiger partial charge in [-0.05, 0) is 12.1 Å². The molecule has 0 bridgehead atoms. The van der Waals surface area contributed by atoms with Gasteiger partial charge >= 0.3 is 0 Å². The monoisotopic (exact) mass is 206 g/mol. The van der Waals surface area contributed by atoms with E-state index in [1.165, 1.54) is 0 Å². The predicted molar refractivity (Wildman–Crippen MR) is 57.4 cm³/mol. The Hall–Kier alpha value is -1.42. The van der Waals surface area contributed by atoms with Gasteiger partial charge in [-0.1, -0.05) is 6.07 Å². The van der Waals surface area contributed by atoms with Crippen molar-refractivity contribution in [3.05, 3.63) is 36.7 Å². The number of benzene rings is 1. The van der Waals surface area contributed by atoms with Gasteiger partial charge in [0.2, 0.25) is 0 Å². The summed E-state index contributed by atoms with van der Waals surface area (Å²) in [6, 6.07) is 7.74. The van der Waals surface area contributed by atoms with Crippen molar-refractivity contribution in [1.82, 2.24) is 9.55 Å². The maximum Gasteiger partial charge on any atom is 0.169 e. The molecule has 1 aromatic carbocycles. The van der Waals surface area contributed by atoms with Gasteiger partial charge in [0.1, 0.15) is 5.75 Å². The molecular weight excluding hydrogens is 196 g/mol. The third kappa shape index (κ3) is 1.61. The highest BCUT2D eigenvalue weighted by atomic mass is 32.1. The van der Waals surface area contributed by atoms with Crippen LogP contribution in [0.5, 0.6) is 5.75 Å². The maximum absolute atomic E-state index is 5.13. The number of nitrogens with zero attached hydrogens (tertiary/aromatic N) is 2. The van der Waals surface area contributed by atoms with Crippen molar-refractivity contribution in [2.24, 2.45) is 0 Å². The quantitative estimate of drug-likeness (QED) is 0.762. The molecule has 1 heterocycles. The predicted octanol–water partition coefficient (Wildman–Crippen LogP) is 2.17. The van der Waals surface area contributed by atoms with E-state index in [1.54, 1.807) is 13.3 Å². The van der Waals surface area contributed by atoms with Crippen LogP contribution in [0.2, 0.25) is 0 Å². The highest BCUT2D eigenvalue weighted by Gasteiger charge is 2.01. The molecule has 0 N–H and O–H groups in total. The summed E-state index contributed by atoms with van der Waals surface area (Å²) in [5.41, 5.74) is 0.992. The zero-order valence-electron chi connectivity index (χ0n) is 7.71. The standard InChI is InChI=1S/C10H10N2OS/c1-13-9-4-2-3-8(7-9)12-6-5-11-10(12)14/h2-7H,1H3,(H,11,14). The molecule has 0 saturated carbocycles. The molecular formula is C10H10N2OS. The van der Waals surface area contributed by atoms with Crippen molar-refractivity contribution < 1.29 is 4.74 Å². The van der Waals surface area contributed by atoms with Crippen molar-refractivity contribution in [3.8, 4) is 11.4 Å². The number of thiol groups is 1. The Balaban J connectivity index is 2.47. The number of rotatable bonds is 2. The second-order valence-electron chi connectivity index (χ2n) is 2.80. The molecule has 4 heteroatoms. The molecule has 0 spiro atoms. The zero-order valence-corrected chi connectivity index (χ0v) is 8.61. The lowest BCUT2D eigenvalue weighted by Gasteiger charge is -2.06. The first-order valence-electron chi connectivity index (χ1n) is 4.18. The maximum atomic E-state index is 5.13. The molecule has 0 aliphatic heterocycles. The fourth-order valence-corrected chi connectivity index (χ4v) is 1.51. The number of aromatic nitrogens is 2. The highest BCUT2D eigenvalue weighted by molar-refractivity contribution is 7.80. The van der Waals surface area contributed by atoms with Gasteiger partial charge in [-0.25, -0.2) is 4.98 Å². The second kappa shape index (κ2) is 3.75.